The minimum Gasteiger partial charge on any atom is -0.334 e. The molecule has 2 N–H and O–H groups in total. The lowest BCUT2D eigenvalue weighted by molar-refractivity contribution is 0.251. The molecule has 0 radical (unpaired) electrons. The normalized spacial score (nSPS) is 15.2. The van der Waals surface area contributed by atoms with Crippen LogP contribution in [0.5, 0.6) is 0 Å². The summed E-state index contributed by atoms with van der Waals surface area (Å²) < 4.78 is 27.0. The average Bonchev–Trinajstić information content (AvgIpc) is 3.37. The Kier molecular flexibility index (Phi) is 5.17. The fourth-order valence-corrected chi connectivity index (χ4v) is 4.66. The number of hydrogen-bond acceptors (Lipinski definition) is 5. The quantitative estimate of drug-likeness (QED) is 0.667. The molecule has 0 spiro atoms. The molecule has 2 aromatic heterocycles. The van der Waals surface area contributed by atoms with Gasteiger partial charge in [0.1, 0.15) is 0 Å². The smallest absolute Gasteiger partial charge is 0.319 e. The molecule has 1 aliphatic rings. The summed E-state index contributed by atoms with van der Waals surface area (Å²) in [6.45, 7) is 0.814. The largest absolute Gasteiger partial charge is 0.334 e. The first-order chi connectivity index (χ1) is 14.0. The van der Waals surface area contributed by atoms with Gasteiger partial charge in [-0.15, -0.1) is 0 Å². The predicted molar refractivity (Wildman–Crippen MR) is 109 cm³/mol. The molecule has 4 rings (SSSR count). The third-order valence-electron chi connectivity index (χ3n) is 4.51. The molecule has 0 aliphatic carbocycles. The molecule has 2 amide bonds. The zero-order valence-electron chi connectivity index (χ0n) is 15.5. The number of amides is 2. The summed E-state index contributed by atoms with van der Waals surface area (Å²) in [5.41, 5.74) is 2.07. The zero-order valence-corrected chi connectivity index (χ0v) is 16.3. The lowest BCUT2D eigenvalue weighted by atomic mass is 10.2. The van der Waals surface area contributed by atoms with Crippen LogP contribution in [0.1, 0.15) is 12.0 Å². The van der Waals surface area contributed by atoms with E-state index in [1.165, 1.54) is 4.31 Å². The van der Waals surface area contributed by atoms with E-state index in [9.17, 15) is 13.2 Å². The van der Waals surface area contributed by atoms with Gasteiger partial charge in [0.25, 0.3) is 0 Å². The van der Waals surface area contributed by atoms with Gasteiger partial charge < -0.3 is 10.6 Å². The average molecular weight is 412 g/mol. The number of nitrogens with zero attached hydrogens (tertiary/aromatic N) is 4. The lowest BCUT2D eigenvalue weighted by Gasteiger charge is -2.17. The number of carbonyl (C=O) groups excluding carboxylic acids is 1. The molecule has 150 valence electrons. The minimum atomic E-state index is -3.21. The first-order valence-electron chi connectivity index (χ1n) is 9.11. The Morgan fingerprint density at radius 3 is 2.66 bits per heavy atom. The molecule has 0 saturated carbocycles. The minimum absolute atomic E-state index is 0.173. The van der Waals surface area contributed by atoms with Crippen LogP contribution in [0.25, 0.3) is 5.82 Å². The molecule has 1 aliphatic heterocycles. The third-order valence-corrected chi connectivity index (χ3v) is 6.38. The molecule has 10 heteroatoms. The second-order valence-electron chi connectivity index (χ2n) is 6.57. The van der Waals surface area contributed by atoms with Gasteiger partial charge in [0.05, 0.1) is 11.4 Å². The van der Waals surface area contributed by atoms with E-state index < -0.39 is 10.0 Å². The molecule has 1 aromatic carbocycles. The summed E-state index contributed by atoms with van der Waals surface area (Å²) >= 11 is 0. The highest BCUT2D eigenvalue weighted by Gasteiger charge is 2.28. The Hall–Kier alpha value is -3.40. The Bertz CT molecular complexity index is 1100. The molecule has 0 bridgehead atoms. The second kappa shape index (κ2) is 7.92. The number of anilines is 2. The van der Waals surface area contributed by atoms with Gasteiger partial charge in [-0.05, 0) is 54.4 Å². The van der Waals surface area contributed by atoms with Crippen LogP contribution < -0.4 is 14.9 Å². The summed E-state index contributed by atoms with van der Waals surface area (Å²) in [5.74, 6) is 0.842. The Labute approximate surface area is 168 Å². The maximum atomic E-state index is 12.2. The number of sulfonamides is 1. The molecule has 3 aromatic rings. The zero-order chi connectivity index (χ0) is 20.3. The van der Waals surface area contributed by atoms with Crippen LogP contribution in [-0.2, 0) is 16.6 Å². The van der Waals surface area contributed by atoms with Crippen LogP contribution in [0.3, 0.4) is 0 Å². The van der Waals surface area contributed by atoms with Gasteiger partial charge in [0.15, 0.2) is 5.82 Å². The number of rotatable bonds is 5. The van der Waals surface area contributed by atoms with Crippen molar-refractivity contribution in [3.05, 3.63) is 66.6 Å². The van der Waals surface area contributed by atoms with Gasteiger partial charge in [-0.2, -0.15) is 5.10 Å². The molecule has 9 nitrogen and oxygen atoms in total. The third kappa shape index (κ3) is 4.37. The molecule has 0 unspecified atom stereocenters. The number of benzene rings is 1. The van der Waals surface area contributed by atoms with E-state index in [-0.39, 0.29) is 11.8 Å². The predicted octanol–water partition coefficient (Wildman–Crippen LogP) is 2.13. The fourth-order valence-electron chi connectivity index (χ4n) is 3.10. The summed E-state index contributed by atoms with van der Waals surface area (Å²) in [6.07, 6.45) is 5.76. The maximum absolute atomic E-state index is 12.2. The first-order valence-corrected chi connectivity index (χ1v) is 10.7. The first kappa shape index (κ1) is 18.9. The van der Waals surface area contributed by atoms with Gasteiger partial charge in [0, 0.05) is 37.4 Å². The summed E-state index contributed by atoms with van der Waals surface area (Å²) in [5, 5.41) is 9.67. The van der Waals surface area contributed by atoms with Crippen molar-refractivity contribution in [2.45, 2.75) is 13.0 Å². The number of aromatic nitrogens is 3. The molecule has 1 saturated heterocycles. The van der Waals surface area contributed by atoms with E-state index in [0.29, 0.717) is 36.7 Å². The van der Waals surface area contributed by atoms with Crippen LogP contribution in [0.4, 0.5) is 16.2 Å². The van der Waals surface area contributed by atoms with Crippen LogP contribution in [0, 0.1) is 0 Å². The lowest BCUT2D eigenvalue weighted by Crippen LogP contribution is -2.28. The van der Waals surface area contributed by atoms with Gasteiger partial charge >= 0.3 is 6.03 Å². The van der Waals surface area contributed by atoms with E-state index in [2.05, 4.69) is 20.7 Å². The van der Waals surface area contributed by atoms with Crippen LogP contribution in [0.2, 0.25) is 0 Å². The van der Waals surface area contributed by atoms with Crippen LogP contribution in [0.15, 0.2) is 61.1 Å². The van der Waals surface area contributed by atoms with Crippen molar-refractivity contribution in [3.63, 3.8) is 0 Å². The highest BCUT2D eigenvalue weighted by atomic mass is 32.2. The van der Waals surface area contributed by atoms with Crippen molar-refractivity contribution >= 4 is 27.4 Å². The standard InChI is InChI=1S/C19H20N6O3S/c26-19(21-14-15-7-9-20-18(13-15)24-10-1-8-22-24)23-16-3-5-17(6-4-16)25-11-2-12-29(25,27)28/h1,3-10,13H,2,11-12,14H2,(H2,21,23,26). The van der Waals surface area contributed by atoms with E-state index in [1.54, 1.807) is 47.5 Å². The summed E-state index contributed by atoms with van der Waals surface area (Å²) in [4.78, 5) is 16.4. The molecule has 0 atom stereocenters. The number of nitrogens with one attached hydrogen (secondary N) is 2. The Morgan fingerprint density at radius 1 is 1.14 bits per heavy atom. The fraction of sp³-hybridized carbons (Fsp3) is 0.211. The SMILES string of the molecule is O=C(NCc1ccnc(-n2cccn2)c1)Nc1ccc(N2CCCS2(=O)=O)cc1. The Morgan fingerprint density at radius 2 is 1.97 bits per heavy atom. The Balaban J connectivity index is 1.34. The number of hydrogen-bond donors (Lipinski definition) is 2. The van der Waals surface area contributed by atoms with E-state index in [0.717, 1.165) is 5.56 Å². The van der Waals surface area contributed by atoms with Gasteiger partial charge in [-0.1, -0.05) is 0 Å². The molecule has 1 fully saturated rings. The monoisotopic (exact) mass is 412 g/mol. The van der Waals surface area contributed by atoms with E-state index in [1.807, 2.05) is 18.2 Å². The highest BCUT2D eigenvalue weighted by molar-refractivity contribution is 7.93. The highest BCUT2D eigenvalue weighted by Crippen LogP contribution is 2.25. The summed E-state index contributed by atoms with van der Waals surface area (Å²) in [7, 11) is -3.21. The van der Waals surface area contributed by atoms with Crippen molar-refractivity contribution in [2.24, 2.45) is 0 Å². The van der Waals surface area contributed by atoms with Crippen molar-refractivity contribution in [2.75, 3.05) is 21.9 Å². The van der Waals surface area contributed by atoms with Crippen molar-refractivity contribution < 1.29 is 13.2 Å². The van der Waals surface area contributed by atoms with Crippen molar-refractivity contribution in [1.82, 2.24) is 20.1 Å². The van der Waals surface area contributed by atoms with Gasteiger partial charge in [0.2, 0.25) is 10.0 Å². The topological polar surface area (TPSA) is 109 Å². The molecule has 29 heavy (non-hydrogen) atoms. The number of carbonyl (C=O) groups is 1. The van der Waals surface area contributed by atoms with Crippen LogP contribution in [-0.4, -0.2) is 41.5 Å². The molecular formula is C19H20N6O3S. The number of pyridine rings is 1. The maximum Gasteiger partial charge on any atom is 0.319 e. The summed E-state index contributed by atoms with van der Waals surface area (Å²) in [6, 6.07) is 11.9. The number of urea groups is 1. The van der Waals surface area contributed by atoms with E-state index >= 15 is 0 Å². The van der Waals surface area contributed by atoms with Crippen LogP contribution >= 0.6 is 0 Å². The van der Waals surface area contributed by atoms with E-state index in [4.69, 9.17) is 0 Å². The van der Waals surface area contributed by atoms with Crippen molar-refractivity contribution in [1.29, 1.82) is 0 Å². The molecular weight excluding hydrogens is 392 g/mol. The molecule has 3 heterocycles. The second-order valence-corrected chi connectivity index (χ2v) is 8.58. The van der Waals surface area contributed by atoms with Gasteiger partial charge in [-0.25, -0.2) is 22.9 Å². The van der Waals surface area contributed by atoms with Crippen molar-refractivity contribution in [3.8, 4) is 5.82 Å². The van der Waals surface area contributed by atoms with Gasteiger partial charge in [-0.3, -0.25) is 4.31 Å².